The van der Waals surface area contributed by atoms with Gasteiger partial charge in [0, 0.05) is 28.4 Å². The van der Waals surface area contributed by atoms with E-state index >= 15 is 0 Å². The molecule has 29 heavy (non-hydrogen) atoms. The highest BCUT2D eigenvalue weighted by molar-refractivity contribution is 7.99. The highest BCUT2D eigenvalue weighted by atomic mass is 32.2. The molecule has 0 saturated carbocycles. The number of nitrogens with zero attached hydrogens (tertiary/aromatic N) is 6. The molecule has 0 aliphatic rings. The maximum absolute atomic E-state index is 12.8. The van der Waals surface area contributed by atoms with E-state index in [1.807, 2.05) is 19.9 Å². The SMILES string of the molecule is Cc1cc(C(=O)CSc2nnc(Cn3cncn3)o2)c(C)n1CCc1cccs1. The van der Waals surface area contributed by atoms with E-state index < -0.39 is 0 Å². The average molecular weight is 429 g/mol. The standard InChI is InChI=1S/C19H20N6O2S2/c1-13-8-16(14(2)25(13)6-5-15-4-3-7-28-15)17(26)10-29-19-23-22-18(27-19)9-24-12-20-11-21-24/h3-4,7-8,11-12H,5-6,9-10H2,1-2H3. The van der Waals surface area contributed by atoms with Gasteiger partial charge in [-0.1, -0.05) is 17.8 Å². The fourth-order valence-electron chi connectivity index (χ4n) is 3.12. The maximum Gasteiger partial charge on any atom is 0.277 e. The second kappa shape index (κ2) is 8.75. The highest BCUT2D eigenvalue weighted by Gasteiger charge is 2.17. The van der Waals surface area contributed by atoms with Gasteiger partial charge in [-0.25, -0.2) is 9.67 Å². The molecular formula is C19H20N6O2S2. The third-order valence-electron chi connectivity index (χ3n) is 4.57. The van der Waals surface area contributed by atoms with E-state index in [9.17, 15) is 4.79 Å². The predicted octanol–water partition coefficient (Wildman–Crippen LogP) is 3.41. The Hall–Kier alpha value is -2.72. The normalized spacial score (nSPS) is 11.2. The largest absolute Gasteiger partial charge is 0.414 e. The Morgan fingerprint density at radius 3 is 2.97 bits per heavy atom. The Morgan fingerprint density at radius 2 is 2.21 bits per heavy atom. The summed E-state index contributed by atoms with van der Waals surface area (Å²) in [5.74, 6) is 0.735. The molecule has 0 atom stereocenters. The van der Waals surface area contributed by atoms with Crippen LogP contribution in [0.1, 0.15) is 32.5 Å². The van der Waals surface area contributed by atoms with Gasteiger partial charge < -0.3 is 8.98 Å². The fourth-order valence-corrected chi connectivity index (χ4v) is 4.48. The number of thiophene rings is 1. The summed E-state index contributed by atoms with van der Waals surface area (Å²) < 4.78 is 9.38. The van der Waals surface area contributed by atoms with E-state index in [4.69, 9.17) is 4.42 Å². The lowest BCUT2D eigenvalue weighted by Gasteiger charge is -2.09. The van der Waals surface area contributed by atoms with Crippen molar-refractivity contribution >= 4 is 28.9 Å². The van der Waals surface area contributed by atoms with Crippen molar-refractivity contribution in [1.82, 2.24) is 29.5 Å². The molecule has 0 radical (unpaired) electrons. The van der Waals surface area contributed by atoms with Gasteiger partial charge in [0.2, 0.25) is 5.89 Å². The summed E-state index contributed by atoms with van der Waals surface area (Å²) >= 11 is 3.01. The Kier molecular flexibility index (Phi) is 5.91. The Morgan fingerprint density at radius 1 is 1.31 bits per heavy atom. The van der Waals surface area contributed by atoms with E-state index in [1.54, 1.807) is 22.3 Å². The number of hydrogen-bond donors (Lipinski definition) is 0. The van der Waals surface area contributed by atoms with Crippen molar-refractivity contribution in [2.24, 2.45) is 0 Å². The summed E-state index contributed by atoms with van der Waals surface area (Å²) in [6.07, 6.45) is 3.99. The van der Waals surface area contributed by atoms with Crippen molar-refractivity contribution in [1.29, 1.82) is 0 Å². The molecule has 0 unspecified atom stereocenters. The first-order chi connectivity index (χ1) is 14.1. The molecule has 0 aliphatic heterocycles. The van der Waals surface area contributed by atoms with Crippen LogP contribution in [0.2, 0.25) is 0 Å². The van der Waals surface area contributed by atoms with E-state index in [0.29, 0.717) is 17.7 Å². The molecule has 4 heterocycles. The third kappa shape index (κ3) is 4.65. The van der Waals surface area contributed by atoms with Gasteiger partial charge in [-0.05, 0) is 37.8 Å². The molecule has 0 bridgehead atoms. The zero-order valence-electron chi connectivity index (χ0n) is 16.1. The number of aryl methyl sites for hydroxylation is 2. The monoisotopic (exact) mass is 428 g/mol. The Bertz CT molecular complexity index is 1080. The van der Waals surface area contributed by atoms with Gasteiger partial charge in [-0.15, -0.1) is 21.5 Å². The molecule has 0 aromatic carbocycles. The van der Waals surface area contributed by atoms with Gasteiger partial charge in [0.25, 0.3) is 5.22 Å². The van der Waals surface area contributed by atoms with Crippen LogP contribution < -0.4 is 0 Å². The smallest absolute Gasteiger partial charge is 0.277 e. The summed E-state index contributed by atoms with van der Waals surface area (Å²) in [6.45, 7) is 5.27. The lowest BCUT2D eigenvalue weighted by molar-refractivity contribution is 0.102. The van der Waals surface area contributed by atoms with E-state index in [1.165, 1.54) is 23.0 Å². The zero-order chi connectivity index (χ0) is 20.2. The lowest BCUT2D eigenvalue weighted by atomic mass is 10.2. The van der Waals surface area contributed by atoms with E-state index in [0.717, 1.165) is 29.9 Å². The Labute approximate surface area is 176 Å². The first-order valence-corrected chi connectivity index (χ1v) is 11.0. The van der Waals surface area contributed by atoms with Gasteiger partial charge in [-0.2, -0.15) is 5.10 Å². The van der Waals surface area contributed by atoms with Crippen molar-refractivity contribution in [3.63, 3.8) is 0 Å². The van der Waals surface area contributed by atoms with Crippen LogP contribution in [-0.4, -0.2) is 41.1 Å². The quantitative estimate of drug-likeness (QED) is 0.298. The molecule has 8 nitrogen and oxygen atoms in total. The number of Topliss-reactive ketones (excluding diaryl/α,β-unsaturated/α-hetero) is 1. The molecule has 0 aliphatic carbocycles. The van der Waals surface area contributed by atoms with Crippen LogP contribution in [0, 0.1) is 13.8 Å². The number of carbonyl (C=O) groups is 1. The first kappa shape index (κ1) is 19.6. The Balaban J connectivity index is 1.36. The van der Waals surface area contributed by atoms with Crippen molar-refractivity contribution in [2.75, 3.05) is 5.75 Å². The summed E-state index contributed by atoms with van der Waals surface area (Å²) in [5, 5.41) is 14.4. The molecule has 0 N–H and O–H groups in total. The zero-order valence-corrected chi connectivity index (χ0v) is 17.7. The van der Waals surface area contributed by atoms with Crippen molar-refractivity contribution in [3.8, 4) is 0 Å². The van der Waals surface area contributed by atoms with Crippen LogP contribution in [0.25, 0.3) is 0 Å². The molecule has 4 aromatic heterocycles. The summed E-state index contributed by atoms with van der Waals surface area (Å²) in [5.41, 5.74) is 2.85. The lowest BCUT2D eigenvalue weighted by Crippen LogP contribution is -2.08. The molecule has 0 saturated heterocycles. The minimum Gasteiger partial charge on any atom is -0.414 e. The van der Waals surface area contributed by atoms with Gasteiger partial charge in [0.1, 0.15) is 19.2 Å². The predicted molar refractivity (Wildman–Crippen MR) is 110 cm³/mol. The average Bonchev–Trinajstić information content (AvgIpc) is 3.49. The maximum atomic E-state index is 12.8. The van der Waals surface area contributed by atoms with Crippen LogP contribution in [0.4, 0.5) is 0 Å². The number of thioether (sulfide) groups is 1. The van der Waals surface area contributed by atoms with E-state index in [2.05, 4.69) is 42.4 Å². The highest BCUT2D eigenvalue weighted by Crippen LogP contribution is 2.22. The van der Waals surface area contributed by atoms with Crippen molar-refractivity contribution < 1.29 is 9.21 Å². The molecule has 0 spiro atoms. The van der Waals surface area contributed by atoms with Gasteiger partial charge in [0.05, 0.1) is 5.75 Å². The van der Waals surface area contributed by atoms with Crippen LogP contribution in [-0.2, 0) is 19.5 Å². The van der Waals surface area contributed by atoms with Crippen molar-refractivity contribution in [3.05, 3.63) is 64.0 Å². The molecular weight excluding hydrogens is 408 g/mol. The number of carbonyl (C=O) groups excluding carboxylic acids is 1. The number of ketones is 1. The topological polar surface area (TPSA) is 91.6 Å². The first-order valence-electron chi connectivity index (χ1n) is 9.10. The van der Waals surface area contributed by atoms with Crippen LogP contribution >= 0.6 is 23.1 Å². The summed E-state index contributed by atoms with van der Waals surface area (Å²) in [6, 6.07) is 6.18. The van der Waals surface area contributed by atoms with Crippen LogP contribution in [0.5, 0.6) is 0 Å². The second-order valence-electron chi connectivity index (χ2n) is 6.53. The second-order valence-corrected chi connectivity index (χ2v) is 8.49. The van der Waals surface area contributed by atoms with Crippen molar-refractivity contribution in [2.45, 2.75) is 38.6 Å². The molecule has 10 heteroatoms. The molecule has 0 amide bonds. The minimum atomic E-state index is 0.0569. The number of rotatable bonds is 9. The van der Waals surface area contributed by atoms with Gasteiger partial charge in [-0.3, -0.25) is 4.79 Å². The third-order valence-corrected chi connectivity index (χ3v) is 6.33. The molecule has 4 aromatic rings. The summed E-state index contributed by atoms with van der Waals surface area (Å²) in [7, 11) is 0. The van der Waals surface area contributed by atoms with Gasteiger partial charge in [0.15, 0.2) is 5.78 Å². The molecule has 0 fully saturated rings. The fraction of sp³-hybridized carbons (Fsp3) is 0.316. The van der Waals surface area contributed by atoms with E-state index in [-0.39, 0.29) is 11.5 Å². The van der Waals surface area contributed by atoms with Crippen LogP contribution in [0.15, 0.2) is 45.9 Å². The minimum absolute atomic E-state index is 0.0569. The van der Waals surface area contributed by atoms with Crippen LogP contribution in [0.3, 0.4) is 0 Å². The number of hydrogen-bond acceptors (Lipinski definition) is 8. The molecule has 4 rings (SSSR count). The summed E-state index contributed by atoms with van der Waals surface area (Å²) in [4.78, 5) is 18.0. The number of aromatic nitrogens is 6. The molecule has 150 valence electrons. The van der Waals surface area contributed by atoms with Gasteiger partial charge >= 0.3 is 0 Å².